The summed E-state index contributed by atoms with van der Waals surface area (Å²) in [6.45, 7) is 10.2. The van der Waals surface area contributed by atoms with Crippen molar-refractivity contribution in [3.8, 4) is 0 Å². The summed E-state index contributed by atoms with van der Waals surface area (Å²) in [7, 11) is 0. The van der Waals surface area contributed by atoms with E-state index in [9.17, 15) is 0 Å². The van der Waals surface area contributed by atoms with Gasteiger partial charge in [-0.05, 0) is 52.2 Å². The predicted octanol–water partition coefficient (Wildman–Crippen LogP) is 4.32. The molecule has 3 heteroatoms. The highest BCUT2D eigenvalue weighted by Crippen LogP contribution is 2.27. The molecule has 1 nitrogen and oxygen atoms in total. The molecule has 0 saturated heterocycles. The summed E-state index contributed by atoms with van der Waals surface area (Å²) in [6, 6.07) is 2.72. The van der Waals surface area contributed by atoms with Gasteiger partial charge in [-0.25, -0.2) is 0 Å². The van der Waals surface area contributed by atoms with E-state index in [1.54, 1.807) is 0 Å². The van der Waals surface area contributed by atoms with E-state index in [-0.39, 0.29) is 0 Å². The predicted molar refractivity (Wildman–Crippen MR) is 77.2 cm³/mol. The fourth-order valence-electron chi connectivity index (χ4n) is 1.64. The Kier molecular flexibility index (Phi) is 6.01. The molecule has 92 valence electrons. The van der Waals surface area contributed by atoms with Crippen LogP contribution in [0.1, 0.15) is 32.6 Å². The summed E-state index contributed by atoms with van der Waals surface area (Å²) in [4.78, 5) is 1.48. The zero-order valence-corrected chi connectivity index (χ0v) is 13.0. The van der Waals surface area contributed by atoms with E-state index in [2.05, 4.69) is 60.4 Å². The number of hydrogen-bond donors (Lipinski definition) is 1. The Morgan fingerprint density at radius 3 is 2.44 bits per heavy atom. The largest absolute Gasteiger partial charge is 0.314 e. The van der Waals surface area contributed by atoms with E-state index < -0.39 is 0 Å². The Balaban J connectivity index is 2.55. The van der Waals surface area contributed by atoms with Crippen molar-refractivity contribution in [2.75, 3.05) is 6.54 Å². The van der Waals surface area contributed by atoms with Crippen molar-refractivity contribution in [1.82, 2.24) is 5.32 Å². The molecule has 16 heavy (non-hydrogen) atoms. The topological polar surface area (TPSA) is 12.0 Å². The molecule has 0 aromatic carbocycles. The molecule has 1 rings (SSSR count). The molecule has 0 radical (unpaired) electrons. The second-order valence-corrected chi connectivity index (χ2v) is 6.82. The van der Waals surface area contributed by atoms with Crippen LogP contribution in [0.2, 0.25) is 0 Å². The molecule has 0 bridgehead atoms. The summed E-state index contributed by atoms with van der Waals surface area (Å²) in [5, 5.41) is 5.71. The van der Waals surface area contributed by atoms with Crippen molar-refractivity contribution in [3.63, 3.8) is 0 Å². The Hall–Kier alpha value is 0.140. The van der Waals surface area contributed by atoms with E-state index in [1.165, 1.54) is 15.8 Å². The maximum atomic E-state index is 3.61. The average Bonchev–Trinajstić information content (AvgIpc) is 2.58. The van der Waals surface area contributed by atoms with Gasteiger partial charge in [0.05, 0.1) is 0 Å². The van der Waals surface area contributed by atoms with Crippen LogP contribution in [0, 0.1) is 11.8 Å². The molecule has 1 N–H and O–H groups in total. The maximum Gasteiger partial charge on any atom is 0.0314 e. The highest BCUT2D eigenvalue weighted by Gasteiger charge is 2.16. The van der Waals surface area contributed by atoms with Crippen LogP contribution in [0.3, 0.4) is 0 Å². The third-order valence-corrected chi connectivity index (χ3v) is 4.82. The quantitative estimate of drug-likeness (QED) is 0.825. The molecule has 0 aliphatic carbocycles. The van der Waals surface area contributed by atoms with Crippen LogP contribution in [-0.4, -0.2) is 12.6 Å². The lowest BCUT2D eigenvalue weighted by atomic mass is 9.91. The maximum absolute atomic E-state index is 3.61. The van der Waals surface area contributed by atoms with E-state index in [0.29, 0.717) is 6.04 Å². The first-order valence-corrected chi connectivity index (χ1v) is 7.63. The third-order valence-electron chi connectivity index (χ3n) is 2.87. The van der Waals surface area contributed by atoms with E-state index in [0.717, 1.165) is 18.4 Å². The molecule has 0 fully saturated rings. The number of nitrogens with one attached hydrogen (secondary N) is 1. The molecular formula is C13H22BrNS. The van der Waals surface area contributed by atoms with Crippen molar-refractivity contribution in [1.29, 1.82) is 0 Å². The van der Waals surface area contributed by atoms with Crippen molar-refractivity contribution < 1.29 is 0 Å². The van der Waals surface area contributed by atoms with Gasteiger partial charge in [0.2, 0.25) is 0 Å². The van der Waals surface area contributed by atoms with Crippen LogP contribution in [0.25, 0.3) is 0 Å². The average molecular weight is 304 g/mol. The Morgan fingerprint density at radius 1 is 1.31 bits per heavy atom. The molecule has 1 aromatic rings. The molecule has 0 aliphatic rings. The molecule has 1 unspecified atom stereocenters. The van der Waals surface area contributed by atoms with Gasteiger partial charge in [-0.15, -0.1) is 11.3 Å². The highest BCUT2D eigenvalue weighted by atomic mass is 79.9. The molecule has 1 atom stereocenters. The fraction of sp³-hybridized carbons (Fsp3) is 0.692. The number of rotatable bonds is 6. The lowest BCUT2D eigenvalue weighted by Crippen LogP contribution is -2.32. The monoisotopic (exact) mass is 303 g/mol. The molecule has 0 spiro atoms. The van der Waals surface area contributed by atoms with Crippen LogP contribution in [0.5, 0.6) is 0 Å². The van der Waals surface area contributed by atoms with Gasteiger partial charge in [0.1, 0.15) is 0 Å². The fourth-order valence-corrected chi connectivity index (χ4v) is 3.25. The lowest BCUT2D eigenvalue weighted by molar-refractivity contribution is 0.350. The molecule has 0 amide bonds. The van der Waals surface area contributed by atoms with Crippen LogP contribution < -0.4 is 5.32 Å². The molecule has 1 aromatic heterocycles. The summed E-state index contributed by atoms with van der Waals surface area (Å²) in [6.07, 6.45) is 1.18. The lowest BCUT2D eigenvalue weighted by Gasteiger charge is -2.22. The molecule has 1 heterocycles. The number of hydrogen-bond acceptors (Lipinski definition) is 2. The van der Waals surface area contributed by atoms with Crippen molar-refractivity contribution in [3.05, 3.63) is 20.8 Å². The minimum Gasteiger partial charge on any atom is -0.314 e. The molecule has 0 saturated carbocycles. The van der Waals surface area contributed by atoms with Crippen LogP contribution in [0.4, 0.5) is 0 Å². The summed E-state index contributed by atoms with van der Waals surface area (Å²) < 4.78 is 1.27. The summed E-state index contributed by atoms with van der Waals surface area (Å²) in [5.74, 6) is 1.44. The van der Waals surface area contributed by atoms with Gasteiger partial charge >= 0.3 is 0 Å². The smallest absolute Gasteiger partial charge is 0.0314 e. The Morgan fingerprint density at radius 2 is 2.00 bits per heavy atom. The van der Waals surface area contributed by atoms with Gasteiger partial charge in [0.15, 0.2) is 0 Å². The van der Waals surface area contributed by atoms with Gasteiger partial charge in [-0.2, -0.15) is 0 Å². The highest BCUT2D eigenvalue weighted by molar-refractivity contribution is 9.10. The van der Waals surface area contributed by atoms with Crippen LogP contribution >= 0.6 is 27.3 Å². The Bertz CT molecular complexity index is 307. The Labute approximate surface area is 112 Å². The second kappa shape index (κ2) is 6.77. The minimum atomic E-state index is 0.577. The first-order valence-electron chi connectivity index (χ1n) is 5.96. The first-order chi connectivity index (χ1) is 7.50. The van der Waals surface area contributed by atoms with Crippen LogP contribution in [-0.2, 0) is 6.42 Å². The minimum absolute atomic E-state index is 0.577. The summed E-state index contributed by atoms with van der Waals surface area (Å²) >= 11 is 5.47. The normalized spacial score (nSPS) is 13.7. The third kappa shape index (κ3) is 4.56. The zero-order chi connectivity index (χ0) is 12.1. The van der Waals surface area contributed by atoms with Crippen molar-refractivity contribution in [2.45, 2.75) is 40.2 Å². The van der Waals surface area contributed by atoms with Gasteiger partial charge in [-0.1, -0.05) is 27.7 Å². The first kappa shape index (κ1) is 14.2. The molecular weight excluding hydrogens is 282 g/mol. The van der Waals surface area contributed by atoms with Crippen molar-refractivity contribution in [2.24, 2.45) is 11.8 Å². The van der Waals surface area contributed by atoms with E-state index >= 15 is 0 Å². The van der Waals surface area contributed by atoms with E-state index in [4.69, 9.17) is 0 Å². The van der Waals surface area contributed by atoms with Crippen molar-refractivity contribution >= 4 is 27.3 Å². The van der Waals surface area contributed by atoms with Gasteiger partial charge in [0.25, 0.3) is 0 Å². The molecule has 0 aliphatic heterocycles. The van der Waals surface area contributed by atoms with E-state index in [1.807, 2.05) is 11.3 Å². The zero-order valence-electron chi connectivity index (χ0n) is 10.6. The van der Waals surface area contributed by atoms with Gasteiger partial charge in [0, 0.05) is 15.4 Å². The standard InChI is InChI=1S/C13H22BrNS/c1-9(2)11(8-15-10(3)4)7-13-12(14)5-6-16-13/h5-6,9-11,15H,7-8H2,1-4H3. The van der Waals surface area contributed by atoms with Gasteiger partial charge in [-0.3, -0.25) is 0 Å². The van der Waals surface area contributed by atoms with Gasteiger partial charge < -0.3 is 5.32 Å². The van der Waals surface area contributed by atoms with Crippen LogP contribution in [0.15, 0.2) is 15.9 Å². The number of thiophene rings is 1. The number of halogens is 1. The SMILES string of the molecule is CC(C)NCC(Cc1sccc1Br)C(C)C. The summed E-state index contributed by atoms with van der Waals surface area (Å²) in [5.41, 5.74) is 0. The second-order valence-electron chi connectivity index (χ2n) is 4.96.